The van der Waals surface area contributed by atoms with Gasteiger partial charge in [-0.15, -0.1) is 0 Å². The summed E-state index contributed by atoms with van der Waals surface area (Å²) < 4.78 is 4.87. The standard InChI is InChI=1S/C14H13N3O2/c15-4-3-10-7-16-13-2-1-9(6-12(10)13)5-11-8-19-14(18)17-11/h1-2,6-7,11,16H,3,5,8H2,(H,17,18)/t11-/m0/s1. The highest BCUT2D eigenvalue weighted by atomic mass is 16.6. The van der Waals surface area contributed by atoms with Crippen LogP contribution in [0.4, 0.5) is 4.79 Å². The van der Waals surface area contributed by atoms with Gasteiger partial charge in [-0.1, -0.05) is 6.07 Å². The van der Waals surface area contributed by atoms with Crippen LogP contribution in [-0.2, 0) is 17.6 Å². The van der Waals surface area contributed by atoms with Crippen LogP contribution in [0.1, 0.15) is 11.1 Å². The lowest BCUT2D eigenvalue weighted by Crippen LogP contribution is -2.28. The molecule has 1 atom stereocenters. The van der Waals surface area contributed by atoms with Crippen molar-refractivity contribution in [3.63, 3.8) is 0 Å². The summed E-state index contributed by atoms with van der Waals surface area (Å²) in [5.74, 6) is 0. The quantitative estimate of drug-likeness (QED) is 0.879. The minimum Gasteiger partial charge on any atom is -0.447 e. The zero-order valence-corrected chi connectivity index (χ0v) is 10.3. The fourth-order valence-corrected chi connectivity index (χ4v) is 2.40. The van der Waals surface area contributed by atoms with Crippen molar-refractivity contribution in [1.82, 2.24) is 10.3 Å². The van der Waals surface area contributed by atoms with Gasteiger partial charge in [-0.25, -0.2) is 4.79 Å². The van der Waals surface area contributed by atoms with E-state index in [0.717, 1.165) is 28.5 Å². The molecule has 1 fully saturated rings. The Kier molecular flexibility index (Phi) is 2.84. The van der Waals surface area contributed by atoms with Crippen molar-refractivity contribution in [2.24, 2.45) is 0 Å². The lowest BCUT2D eigenvalue weighted by atomic mass is 10.0. The first-order valence-electron chi connectivity index (χ1n) is 6.15. The van der Waals surface area contributed by atoms with Crippen molar-refractivity contribution >= 4 is 17.0 Å². The van der Waals surface area contributed by atoms with Gasteiger partial charge in [-0.05, 0) is 29.7 Å². The molecule has 2 heterocycles. The molecule has 1 aromatic carbocycles. The largest absolute Gasteiger partial charge is 0.447 e. The number of carbonyl (C=O) groups excluding carboxylic acids is 1. The Hall–Kier alpha value is -2.48. The van der Waals surface area contributed by atoms with E-state index in [9.17, 15) is 4.79 Å². The number of cyclic esters (lactones) is 1. The molecular formula is C14H13N3O2. The predicted molar refractivity (Wildman–Crippen MR) is 69.6 cm³/mol. The molecule has 1 aliphatic heterocycles. The average molecular weight is 255 g/mol. The van der Waals surface area contributed by atoms with Crippen molar-refractivity contribution < 1.29 is 9.53 Å². The number of alkyl carbamates (subject to hydrolysis) is 1. The number of H-pyrrole nitrogens is 1. The van der Waals surface area contributed by atoms with Gasteiger partial charge in [0.15, 0.2) is 0 Å². The number of nitrogens with one attached hydrogen (secondary N) is 2. The smallest absolute Gasteiger partial charge is 0.407 e. The van der Waals surface area contributed by atoms with Gasteiger partial charge in [0, 0.05) is 17.1 Å². The van der Waals surface area contributed by atoms with Crippen LogP contribution in [-0.4, -0.2) is 23.7 Å². The van der Waals surface area contributed by atoms with E-state index in [1.54, 1.807) is 0 Å². The summed E-state index contributed by atoms with van der Waals surface area (Å²) in [4.78, 5) is 14.1. The maximum atomic E-state index is 11.0. The molecule has 1 amide bonds. The van der Waals surface area contributed by atoms with Crippen LogP contribution in [0, 0.1) is 11.3 Å². The number of hydrogen-bond acceptors (Lipinski definition) is 3. The predicted octanol–water partition coefficient (Wildman–Crippen LogP) is 1.88. The molecule has 2 N–H and O–H groups in total. The number of nitriles is 1. The second kappa shape index (κ2) is 4.65. The molecule has 0 saturated carbocycles. The van der Waals surface area contributed by atoms with Gasteiger partial charge in [-0.3, -0.25) is 0 Å². The van der Waals surface area contributed by atoms with Crippen LogP contribution >= 0.6 is 0 Å². The Bertz CT molecular complexity index is 669. The first-order chi connectivity index (χ1) is 9.26. The van der Waals surface area contributed by atoms with Crippen LogP contribution in [0.5, 0.6) is 0 Å². The summed E-state index contributed by atoms with van der Waals surface area (Å²) in [6.07, 6.45) is 2.65. The van der Waals surface area contributed by atoms with Gasteiger partial charge < -0.3 is 15.0 Å². The number of fused-ring (bicyclic) bond motifs is 1. The van der Waals surface area contributed by atoms with E-state index in [0.29, 0.717) is 13.0 Å². The second-order valence-electron chi connectivity index (χ2n) is 4.67. The molecule has 19 heavy (non-hydrogen) atoms. The Morgan fingerprint density at radius 2 is 2.37 bits per heavy atom. The summed E-state index contributed by atoms with van der Waals surface area (Å²) in [7, 11) is 0. The molecule has 0 unspecified atom stereocenters. The molecule has 0 spiro atoms. The molecule has 1 aromatic heterocycles. The third-order valence-electron chi connectivity index (χ3n) is 3.32. The SMILES string of the molecule is N#CCc1c[nH]c2ccc(C[C@H]3COC(=O)N3)cc12. The van der Waals surface area contributed by atoms with Crippen LogP contribution in [0.25, 0.3) is 10.9 Å². The van der Waals surface area contributed by atoms with E-state index in [2.05, 4.69) is 22.4 Å². The van der Waals surface area contributed by atoms with Gasteiger partial charge in [0.1, 0.15) is 6.61 Å². The molecule has 96 valence electrons. The van der Waals surface area contributed by atoms with E-state index in [1.807, 2.05) is 18.3 Å². The van der Waals surface area contributed by atoms with Crippen molar-refractivity contribution in [3.8, 4) is 6.07 Å². The van der Waals surface area contributed by atoms with E-state index in [4.69, 9.17) is 10.00 Å². The number of nitrogens with zero attached hydrogens (tertiary/aromatic N) is 1. The van der Waals surface area contributed by atoms with Crippen molar-refractivity contribution in [2.75, 3.05) is 6.61 Å². The molecule has 0 aliphatic carbocycles. The van der Waals surface area contributed by atoms with E-state index < -0.39 is 0 Å². The minimum atomic E-state index is -0.349. The summed E-state index contributed by atoms with van der Waals surface area (Å²) in [5.41, 5.74) is 3.16. The molecule has 3 rings (SSSR count). The zero-order chi connectivity index (χ0) is 13.2. The second-order valence-corrected chi connectivity index (χ2v) is 4.67. The zero-order valence-electron chi connectivity index (χ0n) is 10.3. The number of aromatic nitrogens is 1. The van der Waals surface area contributed by atoms with Crippen LogP contribution < -0.4 is 5.32 Å². The fourth-order valence-electron chi connectivity index (χ4n) is 2.40. The van der Waals surface area contributed by atoms with Gasteiger partial charge in [0.2, 0.25) is 0 Å². The van der Waals surface area contributed by atoms with Crippen LogP contribution in [0.3, 0.4) is 0 Å². The molecule has 1 aliphatic rings. The fraction of sp³-hybridized carbons (Fsp3) is 0.286. The third kappa shape index (κ3) is 2.25. The van der Waals surface area contributed by atoms with Crippen molar-refractivity contribution in [2.45, 2.75) is 18.9 Å². The molecule has 5 nitrogen and oxygen atoms in total. The lowest BCUT2D eigenvalue weighted by molar-refractivity contribution is 0.177. The first-order valence-corrected chi connectivity index (χ1v) is 6.15. The summed E-state index contributed by atoms with van der Waals surface area (Å²) in [5, 5.41) is 12.6. The highest BCUT2D eigenvalue weighted by Crippen LogP contribution is 2.21. The number of carbonyl (C=O) groups is 1. The normalized spacial score (nSPS) is 18.1. The molecule has 2 aromatic rings. The maximum Gasteiger partial charge on any atom is 0.407 e. The Labute approximate surface area is 110 Å². The van der Waals surface area contributed by atoms with Gasteiger partial charge >= 0.3 is 6.09 Å². The number of aromatic amines is 1. The average Bonchev–Trinajstić information content (AvgIpc) is 2.97. The van der Waals surface area contributed by atoms with Crippen molar-refractivity contribution in [3.05, 3.63) is 35.5 Å². The third-order valence-corrected chi connectivity index (χ3v) is 3.32. The van der Waals surface area contributed by atoms with Gasteiger partial charge in [0.05, 0.1) is 18.5 Å². The summed E-state index contributed by atoms with van der Waals surface area (Å²) in [6.45, 7) is 0.412. The number of hydrogen-bond donors (Lipinski definition) is 2. The Balaban J connectivity index is 1.86. The number of amides is 1. The Morgan fingerprint density at radius 1 is 1.47 bits per heavy atom. The molecule has 0 bridgehead atoms. The van der Waals surface area contributed by atoms with Gasteiger partial charge in [0.25, 0.3) is 0 Å². The first kappa shape index (κ1) is 11.6. The van der Waals surface area contributed by atoms with Crippen LogP contribution in [0.15, 0.2) is 24.4 Å². The Morgan fingerprint density at radius 3 is 3.11 bits per heavy atom. The monoisotopic (exact) mass is 255 g/mol. The van der Waals surface area contributed by atoms with Gasteiger partial charge in [-0.2, -0.15) is 5.26 Å². The summed E-state index contributed by atoms with van der Waals surface area (Å²) in [6, 6.07) is 8.30. The molecular weight excluding hydrogens is 242 g/mol. The van der Waals surface area contributed by atoms with E-state index in [-0.39, 0.29) is 12.1 Å². The summed E-state index contributed by atoms with van der Waals surface area (Å²) >= 11 is 0. The number of rotatable bonds is 3. The van der Waals surface area contributed by atoms with E-state index >= 15 is 0 Å². The van der Waals surface area contributed by atoms with Crippen LogP contribution in [0.2, 0.25) is 0 Å². The number of benzene rings is 1. The van der Waals surface area contributed by atoms with E-state index in [1.165, 1.54) is 0 Å². The topological polar surface area (TPSA) is 77.9 Å². The molecule has 0 radical (unpaired) electrons. The number of ether oxygens (including phenoxy) is 1. The van der Waals surface area contributed by atoms with Crippen molar-refractivity contribution in [1.29, 1.82) is 5.26 Å². The molecule has 1 saturated heterocycles. The maximum absolute atomic E-state index is 11.0. The highest BCUT2D eigenvalue weighted by Gasteiger charge is 2.22. The highest BCUT2D eigenvalue weighted by molar-refractivity contribution is 5.84. The molecule has 5 heteroatoms. The minimum absolute atomic E-state index is 0.0308. The lowest BCUT2D eigenvalue weighted by Gasteiger charge is -2.07.